The highest BCUT2D eigenvalue weighted by molar-refractivity contribution is 5.92. The number of nitrogens with zero attached hydrogens (tertiary/aromatic N) is 3. The first kappa shape index (κ1) is 18.5. The lowest BCUT2D eigenvalue weighted by Crippen LogP contribution is -2.41. The van der Waals surface area contributed by atoms with Crippen LogP contribution in [0.1, 0.15) is 47.1 Å². The molecule has 1 N–H and O–H groups in total. The van der Waals surface area contributed by atoms with Crippen LogP contribution in [-0.4, -0.2) is 47.3 Å². The molecule has 1 saturated heterocycles. The van der Waals surface area contributed by atoms with Crippen molar-refractivity contribution in [2.45, 2.75) is 32.2 Å². The Kier molecular flexibility index (Phi) is 5.93. The number of aryl methyl sites for hydroxylation is 2. The zero-order valence-corrected chi connectivity index (χ0v) is 15.9. The second-order valence-electron chi connectivity index (χ2n) is 6.86. The van der Waals surface area contributed by atoms with E-state index in [4.69, 9.17) is 4.74 Å². The number of rotatable bonds is 6. The summed E-state index contributed by atoms with van der Waals surface area (Å²) in [5, 5.41) is 7.36. The van der Waals surface area contributed by atoms with Gasteiger partial charge in [0.2, 0.25) is 0 Å². The Labute approximate surface area is 155 Å². The molecule has 140 valence electrons. The van der Waals surface area contributed by atoms with E-state index in [1.54, 1.807) is 18.8 Å². The molecule has 1 aromatic carbocycles. The summed E-state index contributed by atoms with van der Waals surface area (Å²) in [4.78, 5) is 15.1. The summed E-state index contributed by atoms with van der Waals surface area (Å²) in [6, 6.07) is 10.0. The molecule has 1 atom stereocenters. The van der Waals surface area contributed by atoms with Crippen LogP contribution in [0.15, 0.2) is 30.3 Å². The smallest absolute Gasteiger partial charge is 0.269 e. The van der Waals surface area contributed by atoms with Gasteiger partial charge in [-0.05, 0) is 45.0 Å². The van der Waals surface area contributed by atoms with Gasteiger partial charge in [0, 0.05) is 19.2 Å². The zero-order valence-electron chi connectivity index (χ0n) is 15.9. The molecule has 6 nitrogen and oxygen atoms in total. The average molecular weight is 356 g/mol. The van der Waals surface area contributed by atoms with Crippen LogP contribution < -0.4 is 10.1 Å². The number of carbonyl (C=O) groups excluding carboxylic acids is 1. The molecule has 0 aliphatic carbocycles. The highest BCUT2D eigenvalue weighted by Crippen LogP contribution is 2.30. The van der Waals surface area contributed by atoms with Crippen molar-refractivity contribution in [2.24, 2.45) is 7.05 Å². The van der Waals surface area contributed by atoms with Crippen molar-refractivity contribution in [3.8, 4) is 5.75 Å². The molecule has 6 heteroatoms. The van der Waals surface area contributed by atoms with Crippen LogP contribution in [0.5, 0.6) is 5.75 Å². The molecular weight excluding hydrogens is 328 g/mol. The van der Waals surface area contributed by atoms with Gasteiger partial charge in [0.05, 0.1) is 18.8 Å². The molecule has 0 saturated carbocycles. The van der Waals surface area contributed by atoms with Crippen LogP contribution in [0.2, 0.25) is 0 Å². The minimum absolute atomic E-state index is 0.0926. The quantitative estimate of drug-likeness (QED) is 0.865. The van der Waals surface area contributed by atoms with Crippen LogP contribution in [0.25, 0.3) is 0 Å². The lowest BCUT2D eigenvalue weighted by atomic mass is 10.0. The molecule has 1 fully saturated rings. The fourth-order valence-corrected chi connectivity index (χ4v) is 3.71. The molecule has 0 bridgehead atoms. The number of aromatic nitrogens is 2. The molecule has 26 heavy (non-hydrogen) atoms. The lowest BCUT2D eigenvalue weighted by molar-refractivity contribution is 0.0914. The lowest BCUT2D eigenvalue weighted by Gasteiger charge is -2.35. The van der Waals surface area contributed by atoms with E-state index in [1.165, 1.54) is 19.3 Å². The Morgan fingerprint density at radius 2 is 2.00 bits per heavy atom. The number of piperidine rings is 1. The second kappa shape index (κ2) is 8.36. The number of hydrogen-bond acceptors (Lipinski definition) is 4. The summed E-state index contributed by atoms with van der Waals surface area (Å²) < 4.78 is 7.21. The summed E-state index contributed by atoms with van der Waals surface area (Å²) in [5.74, 6) is 0.777. The van der Waals surface area contributed by atoms with Crippen LogP contribution in [0.3, 0.4) is 0 Å². The van der Waals surface area contributed by atoms with E-state index in [1.807, 2.05) is 31.2 Å². The van der Waals surface area contributed by atoms with Crippen LogP contribution >= 0.6 is 0 Å². The van der Waals surface area contributed by atoms with E-state index < -0.39 is 0 Å². The molecule has 1 amide bonds. The molecular formula is C20H28N4O2. The molecule has 1 aliphatic rings. The van der Waals surface area contributed by atoms with E-state index in [0.29, 0.717) is 12.2 Å². The van der Waals surface area contributed by atoms with Gasteiger partial charge in [-0.3, -0.25) is 14.4 Å². The van der Waals surface area contributed by atoms with E-state index in [9.17, 15) is 4.79 Å². The number of nitrogens with one attached hydrogen (secondary N) is 1. The Morgan fingerprint density at radius 1 is 1.27 bits per heavy atom. The van der Waals surface area contributed by atoms with Crippen molar-refractivity contribution in [1.82, 2.24) is 20.0 Å². The van der Waals surface area contributed by atoms with Crippen molar-refractivity contribution in [2.75, 3.05) is 26.7 Å². The summed E-state index contributed by atoms with van der Waals surface area (Å²) in [7, 11) is 3.49. The third kappa shape index (κ3) is 4.07. The molecule has 2 heterocycles. The van der Waals surface area contributed by atoms with Crippen molar-refractivity contribution < 1.29 is 9.53 Å². The number of ether oxygens (including phenoxy) is 1. The number of methoxy groups -OCH3 is 1. The van der Waals surface area contributed by atoms with Gasteiger partial charge >= 0.3 is 0 Å². The van der Waals surface area contributed by atoms with Gasteiger partial charge < -0.3 is 10.1 Å². The van der Waals surface area contributed by atoms with E-state index in [0.717, 1.165) is 30.1 Å². The van der Waals surface area contributed by atoms with E-state index >= 15 is 0 Å². The average Bonchev–Trinajstić information content (AvgIpc) is 3.01. The molecule has 1 aromatic heterocycles. The predicted octanol–water partition coefficient (Wildman–Crippen LogP) is 2.69. The van der Waals surface area contributed by atoms with Crippen LogP contribution in [0, 0.1) is 6.92 Å². The molecule has 1 aliphatic heterocycles. The first-order valence-corrected chi connectivity index (χ1v) is 9.26. The van der Waals surface area contributed by atoms with Crippen molar-refractivity contribution >= 4 is 5.91 Å². The monoisotopic (exact) mass is 356 g/mol. The molecule has 0 spiro atoms. The maximum Gasteiger partial charge on any atom is 0.269 e. The summed E-state index contributed by atoms with van der Waals surface area (Å²) in [5.41, 5.74) is 2.55. The van der Waals surface area contributed by atoms with Crippen LogP contribution in [0.4, 0.5) is 0 Å². The number of hydrogen-bond donors (Lipinski definition) is 1. The van der Waals surface area contributed by atoms with Gasteiger partial charge in [0.25, 0.3) is 5.91 Å². The highest BCUT2D eigenvalue weighted by atomic mass is 16.5. The van der Waals surface area contributed by atoms with Crippen LogP contribution in [-0.2, 0) is 7.05 Å². The highest BCUT2D eigenvalue weighted by Gasteiger charge is 2.25. The maximum absolute atomic E-state index is 12.6. The Hall–Kier alpha value is -2.34. The molecule has 2 aromatic rings. The molecule has 1 unspecified atom stereocenters. The second-order valence-corrected chi connectivity index (χ2v) is 6.86. The first-order valence-electron chi connectivity index (χ1n) is 9.26. The van der Waals surface area contributed by atoms with E-state index in [-0.39, 0.29) is 11.9 Å². The fraction of sp³-hybridized carbons (Fsp3) is 0.500. The topological polar surface area (TPSA) is 59.4 Å². The zero-order chi connectivity index (χ0) is 18.5. The van der Waals surface area contributed by atoms with Gasteiger partial charge in [-0.1, -0.05) is 24.6 Å². The molecule has 0 radical (unpaired) electrons. The summed E-state index contributed by atoms with van der Waals surface area (Å²) in [6.45, 7) is 4.53. The third-order valence-electron chi connectivity index (χ3n) is 5.02. The van der Waals surface area contributed by atoms with Crippen molar-refractivity contribution in [3.05, 3.63) is 47.3 Å². The first-order chi connectivity index (χ1) is 12.6. The normalized spacial score (nSPS) is 16.3. The van der Waals surface area contributed by atoms with Gasteiger partial charge in [-0.25, -0.2) is 0 Å². The summed E-state index contributed by atoms with van der Waals surface area (Å²) in [6.07, 6.45) is 3.66. The number of para-hydroxylation sites is 1. The summed E-state index contributed by atoms with van der Waals surface area (Å²) >= 11 is 0. The van der Waals surface area contributed by atoms with Gasteiger partial charge in [0.15, 0.2) is 0 Å². The number of likely N-dealkylation sites (tertiary alicyclic amines) is 1. The van der Waals surface area contributed by atoms with Crippen molar-refractivity contribution in [3.63, 3.8) is 0 Å². The van der Waals surface area contributed by atoms with Gasteiger partial charge in [0.1, 0.15) is 11.4 Å². The van der Waals surface area contributed by atoms with Gasteiger partial charge in [-0.2, -0.15) is 5.10 Å². The molecule has 3 rings (SSSR count). The third-order valence-corrected chi connectivity index (χ3v) is 5.02. The fourth-order valence-electron chi connectivity index (χ4n) is 3.71. The number of benzene rings is 1. The van der Waals surface area contributed by atoms with Gasteiger partial charge in [-0.15, -0.1) is 0 Å². The standard InChI is InChI=1S/C20H28N4O2/c1-15-13-17(23(2)22-15)20(25)21-14-18(24-11-7-4-8-12-24)16-9-5-6-10-19(16)26-3/h5-6,9-10,13,18H,4,7-8,11-12,14H2,1-3H3,(H,21,25). The Balaban J connectivity index is 1.79. The van der Waals surface area contributed by atoms with E-state index in [2.05, 4.69) is 21.4 Å². The van der Waals surface area contributed by atoms with Crippen molar-refractivity contribution in [1.29, 1.82) is 0 Å². The SMILES string of the molecule is COc1ccccc1C(CNC(=O)c1cc(C)nn1C)N1CCCCC1. The predicted molar refractivity (Wildman–Crippen MR) is 101 cm³/mol. The minimum Gasteiger partial charge on any atom is -0.496 e. The maximum atomic E-state index is 12.6. The number of carbonyl (C=O) groups is 1. The largest absolute Gasteiger partial charge is 0.496 e. The minimum atomic E-state index is -0.0926. The Bertz CT molecular complexity index is 750. The number of amides is 1. The Morgan fingerprint density at radius 3 is 2.65 bits per heavy atom.